The summed E-state index contributed by atoms with van der Waals surface area (Å²) in [4.78, 5) is 33.3. The molecule has 0 saturated carbocycles. The summed E-state index contributed by atoms with van der Waals surface area (Å²) in [5.41, 5.74) is 1.67. The van der Waals surface area contributed by atoms with Crippen molar-refractivity contribution in [3.63, 3.8) is 0 Å². The lowest BCUT2D eigenvalue weighted by atomic mass is 10.1. The van der Waals surface area contributed by atoms with Crippen LogP contribution in [0.1, 0.15) is 27.4 Å². The number of nitro groups is 2. The molecule has 0 saturated heterocycles. The molecular weight excluding hydrogens is 382 g/mol. The number of nitro benzene ring substituents is 1. The fourth-order valence-electron chi connectivity index (χ4n) is 2.88. The van der Waals surface area contributed by atoms with E-state index in [0.717, 1.165) is 0 Å². The second-order valence-corrected chi connectivity index (χ2v) is 6.37. The van der Waals surface area contributed by atoms with E-state index in [9.17, 15) is 25.0 Å². The fraction of sp³-hybridized carbons (Fsp3) is 0.235. The molecule has 2 aromatic heterocycles. The molecule has 0 aliphatic rings. The Morgan fingerprint density at radius 2 is 1.83 bits per heavy atom. The number of benzene rings is 1. The van der Waals surface area contributed by atoms with E-state index in [2.05, 4.69) is 15.5 Å². The monoisotopic (exact) mass is 399 g/mol. The molecule has 12 nitrogen and oxygen atoms in total. The van der Waals surface area contributed by atoms with Gasteiger partial charge in [0.2, 0.25) is 0 Å². The Hall–Kier alpha value is -4.09. The van der Waals surface area contributed by atoms with Crippen LogP contribution in [-0.2, 0) is 6.67 Å². The molecule has 0 aliphatic carbocycles. The van der Waals surface area contributed by atoms with Gasteiger partial charge in [-0.15, -0.1) is 0 Å². The molecule has 0 bridgehead atoms. The minimum Gasteiger partial charge on any atom is -0.320 e. The quantitative estimate of drug-likeness (QED) is 0.494. The van der Waals surface area contributed by atoms with Gasteiger partial charge in [0, 0.05) is 24.0 Å². The fourth-order valence-corrected chi connectivity index (χ4v) is 2.88. The van der Waals surface area contributed by atoms with Gasteiger partial charge in [0.1, 0.15) is 18.1 Å². The number of hydrogen-bond acceptors (Lipinski definition) is 7. The van der Waals surface area contributed by atoms with Crippen LogP contribution in [0.15, 0.2) is 30.5 Å². The summed E-state index contributed by atoms with van der Waals surface area (Å²) in [6.07, 6.45) is 1.56. The van der Waals surface area contributed by atoms with E-state index in [4.69, 9.17) is 0 Å². The topological polar surface area (TPSA) is 151 Å². The van der Waals surface area contributed by atoms with Crippen LogP contribution in [0, 0.1) is 41.0 Å². The number of aromatic nitrogens is 4. The average Bonchev–Trinajstić information content (AvgIpc) is 3.21. The molecule has 2 heterocycles. The predicted molar refractivity (Wildman–Crippen MR) is 102 cm³/mol. The van der Waals surface area contributed by atoms with Crippen molar-refractivity contribution < 1.29 is 14.6 Å². The Kier molecular flexibility index (Phi) is 5.08. The van der Waals surface area contributed by atoms with Crippen LogP contribution in [0.3, 0.4) is 0 Å². The Labute approximate surface area is 164 Å². The lowest BCUT2D eigenvalue weighted by molar-refractivity contribution is -0.386. The largest absolute Gasteiger partial charge is 0.320 e. The summed E-state index contributed by atoms with van der Waals surface area (Å²) in [5.74, 6) is -0.486. The molecule has 0 fully saturated rings. The third kappa shape index (κ3) is 3.95. The number of anilines is 1. The molecule has 1 aromatic carbocycles. The van der Waals surface area contributed by atoms with Gasteiger partial charge in [-0.3, -0.25) is 29.7 Å². The molecule has 12 heteroatoms. The first-order valence-corrected chi connectivity index (χ1v) is 8.45. The number of rotatable bonds is 6. The van der Waals surface area contributed by atoms with Gasteiger partial charge in [-0.25, -0.2) is 4.68 Å². The Balaban J connectivity index is 1.75. The van der Waals surface area contributed by atoms with Crippen molar-refractivity contribution in [3.05, 3.63) is 73.3 Å². The zero-order valence-electron chi connectivity index (χ0n) is 15.8. The Morgan fingerprint density at radius 1 is 1.10 bits per heavy atom. The number of non-ortho nitro benzene ring substituents is 1. The van der Waals surface area contributed by atoms with Gasteiger partial charge < -0.3 is 5.32 Å². The molecule has 3 rings (SSSR count). The summed E-state index contributed by atoms with van der Waals surface area (Å²) in [5, 5.41) is 32.9. The van der Waals surface area contributed by atoms with Crippen LogP contribution in [0.2, 0.25) is 0 Å². The number of hydrogen-bond donors (Lipinski definition) is 1. The zero-order chi connectivity index (χ0) is 21.3. The van der Waals surface area contributed by atoms with Crippen LogP contribution in [0.25, 0.3) is 0 Å². The molecule has 0 atom stereocenters. The molecule has 0 radical (unpaired) electrons. The number of nitrogens with zero attached hydrogens (tertiary/aromatic N) is 6. The van der Waals surface area contributed by atoms with E-state index in [1.807, 2.05) is 0 Å². The van der Waals surface area contributed by atoms with E-state index in [-0.39, 0.29) is 23.7 Å². The number of carbonyl (C=O) groups is 1. The van der Waals surface area contributed by atoms with Gasteiger partial charge in [-0.2, -0.15) is 10.2 Å². The Bertz CT molecular complexity index is 1130. The maximum absolute atomic E-state index is 12.4. The van der Waals surface area contributed by atoms with Crippen LogP contribution in [-0.4, -0.2) is 35.3 Å². The lowest BCUT2D eigenvalue weighted by Crippen LogP contribution is -2.16. The van der Waals surface area contributed by atoms with Crippen molar-refractivity contribution >= 4 is 23.0 Å². The highest BCUT2D eigenvalue weighted by molar-refractivity contribution is 6.03. The summed E-state index contributed by atoms with van der Waals surface area (Å²) in [6.45, 7) is 4.89. The van der Waals surface area contributed by atoms with E-state index in [0.29, 0.717) is 22.6 Å². The van der Waals surface area contributed by atoms with Crippen LogP contribution in [0.5, 0.6) is 0 Å². The van der Waals surface area contributed by atoms with Gasteiger partial charge >= 0.3 is 5.69 Å². The highest BCUT2D eigenvalue weighted by Gasteiger charge is 2.22. The summed E-state index contributed by atoms with van der Waals surface area (Å²) < 4.78 is 2.86. The molecule has 1 N–H and O–H groups in total. The number of aryl methyl sites for hydroxylation is 2. The van der Waals surface area contributed by atoms with Crippen LogP contribution in [0.4, 0.5) is 17.1 Å². The van der Waals surface area contributed by atoms with Gasteiger partial charge in [-0.1, -0.05) is 0 Å². The Morgan fingerprint density at radius 3 is 2.41 bits per heavy atom. The maximum atomic E-state index is 12.4. The third-order valence-corrected chi connectivity index (χ3v) is 4.35. The second kappa shape index (κ2) is 7.50. The van der Waals surface area contributed by atoms with Crippen LogP contribution >= 0.6 is 0 Å². The highest BCUT2D eigenvalue weighted by atomic mass is 16.6. The van der Waals surface area contributed by atoms with Crippen molar-refractivity contribution in [1.82, 2.24) is 19.6 Å². The molecule has 0 spiro atoms. The molecule has 0 unspecified atom stereocenters. The van der Waals surface area contributed by atoms with Crippen molar-refractivity contribution in [1.29, 1.82) is 0 Å². The van der Waals surface area contributed by atoms with Crippen molar-refractivity contribution in [2.24, 2.45) is 0 Å². The molecule has 0 aliphatic heterocycles. The van der Waals surface area contributed by atoms with Crippen molar-refractivity contribution in [2.75, 3.05) is 5.32 Å². The smallest absolute Gasteiger partial charge is 0.312 e. The zero-order valence-corrected chi connectivity index (χ0v) is 15.8. The van der Waals surface area contributed by atoms with Gasteiger partial charge in [0.05, 0.1) is 9.85 Å². The lowest BCUT2D eigenvalue weighted by Gasteiger charge is -2.07. The number of nitrogens with one attached hydrogen (secondary N) is 1. The summed E-state index contributed by atoms with van der Waals surface area (Å²) in [6, 6.07) is 5.62. The number of amides is 1. The summed E-state index contributed by atoms with van der Waals surface area (Å²) >= 11 is 0. The van der Waals surface area contributed by atoms with Crippen molar-refractivity contribution in [2.45, 2.75) is 27.4 Å². The SMILES string of the molecule is Cc1cc([N+](=O)[O-])ccc1NC(=O)c1ccn(Cn2nc(C)c([N+](=O)[O-])c2C)n1. The highest BCUT2D eigenvalue weighted by Crippen LogP contribution is 2.23. The minimum absolute atomic E-state index is 0.0521. The van der Waals surface area contributed by atoms with Crippen LogP contribution < -0.4 is 5.32 Å². The van der Waals surface area contributed by atoms with Gasteiger partial charge in [-0.05, 0) is 38.5 Å². The summed E-state index contributed by atoms with van der Waals surface area (Å²) in [7, 11) is 0. The minimum atomic E-state index is -0.510. The average molecular weight is 399 g/mol. The molecular formula is C17H17N7O5. The van der Waals surface area contributed by atoms with Gasteiger partial charge in [0.15, 0.2) is 5.69 Å². The van der Waals surface area contributed by atoms with E-state index < -0.39 is 15.8 Å². The van der Waals surface area contributed by atoms with Crippen molar-refractivity contribution in [3.8, 4) is 0 Å². The molecule has 3 aromatic rings. The first-order valence-electron chi connectivity index (χ1n) is 8.45. The first-order chi connectivity index (χ1) is 13.7. The van der Waals surface area contributed by atoms with Gasteiger partial charge in [0.25, 0.3) is 11.6 Å². The molecule has 150 valence electrons. The van der Waals surface area contributed by atoms with E-state index in [1.54, 1.807) is 27.0 Å². The standard InChI is InChI=1S/C17H17N7O5/c1-10-8-13(23(26)27)4-5-14(10)18-17(25)15-6-7-21(20-15)9-22-12(3)16(24(28)29)11(2)19-22/h4-8H,9H2,1-3H3,(H,18,25). The van der Waals surface area contributed by atoms with E-state index in [1.165, 1.54) is 33.6 Å². The van der Waals surface area contributed by atoms with E-state index >= 15 is 0 Å². The number of carbonyl (C=O) groups excluding carboxylic acids is 1. The molecule has 29 heavy (non-hydrogen) atoms. The predicted octanol–water partition coefficient (Wildman–Crippen LogP) is 2.58. The maximum Gasteiger partial charge on any atom is 0.312 e. The first kappa shape index (κ1) is 19.7. The molecule has 1 amide bonds. The third-order valence-electron chi connectivity index (χ3n) is 4.35. The second-order valence-electron chi connectivity index (χ2n) is 6.37. The normalized spacial score (nSPS) is 10.7.